The van der Waals surface area contributed by atoms with Gasteiger partial charge in [0.1, 0.15) is 5.25 Å². The Labute approximate surface area is 90.0 Å². The Kier molecular flexibility index (Phi) is 4.15. The highest BCUT2D eigenvalue weighted by atomic mass is 32.2. The normalized spacial score (nSPS) is 12.4. The first kappa shape index (κ1) is 11.3. The Bertz CT molecular complexity index is 316. The van der Waals surface area contributed by atoms with E-state index in [0.29, 0.717) is 16.1 Å². The quantitative estimate of drug-likeness (QED) is 0.621. The van der Waals surface area contributed by atoms with Crippen LogP contribution in [-0.4, -0.2) is 28.0 Å². The molecule has 0 fully saturated rings. The van der Waals surface area contributed by atoms with Gasteiger partial charge >= 0.3 is 5.97 Å². The summed E-state index contributed by atoms with van der Waals surface area (Å²) in [5.41, 5.74) is 5.40. The van der Waals surface area contributed by atoms with Gasteiger partial charge in [-0.25, -0.2) is 0 Å². The summed E-state index contributed by atoms with van der Waals surface area (Å²) in [5, 5.41) is 7.58. The lowest BCUT2D eigenvalue weighted by Crippen LogP contribution is -2.16. The van der Waals surface area contributed by atoms with Crippen molar-refractivity contribution in [1.29, 1.82) is 0 Å². The van der Waals surface area contributed by atoms with Crippen molar-refractivity contribution in [3.05, 3.63) is 0 Å². The minimum Gasteiger partial charge on any atom is -0.465 e. The third kappa shape index (κ3) is 3.15. The van der Waals surface area contributed by atoms with E-state index in [2.05, 4.69) is 10.2 Å². The standard InChI is InChI=1S/C7H11N3O2S2/c1-3-12-5(11)4(2)13-7-10-9-6(8)14-7/h4H,3H2,1-2H3,(H2,8,9)/t4-/m1/s1. The van der Waals surface area contributed by atoms with E-state index in [9.17, 15) is 4.79 Å². The molecule has 14 heavy (non-hydrogen) atoms. The van der Waals surface area contributed by atoms with Crippen molar-refractivity contribution in [2.24, 2.45) is 0 Å². The van der Waals surface area contributed by atoms with Crippen LogP contribution in [0.3, 0.4) is 0 Å². The number of carbonyl (C=O) groups excluding carboxylic acids is 1. The molecule has 0 aliphatic rings. The van der Waals surface area contributed by atoms with Gasteiger partial charge in [0.25, 0.3) is 0 Å². The molecule has 1 aromatic rings. The van der Waals surface area contributed by atoms with Gasteiger partial charge in [-0.05, 0) is 13.8 Å². The molecular weight excluding hydrogens is 222 g/mol. The van der Waals surface area contributed by atoms with Crippen LogP contribution in [0, 0.1) is 0 Å². The van der Waals surface area contributed by atoms with E-state index in [-0.39, 0.29) is 11.2 Å². The average Bonchev–Trinajstić information content (AvgIpc) is 2.51. The van der Waals surface area contributed by atoms with Crippen LogP contribution < -0.4 is 5.73 Å². The molecule has 1 rings (SSSR count). The number of rotatable bonds is 4. The molecule has 0 spiro atoms. The zero-order chi connectivity index (χ0) is 10.6. The summed E-state index contributed by atoms with van der Waals surface area (Å²) in [6.45, 7) is 3.93. The molecular formula is C7H11N3O2S2. The van der Waals surface area contributed by atoms with Gasteiger partial charge in [0.15, 0.2) is 4.34 Å². The molecule has 1 heterocycles. The monoisotopic (exact) mass is 233 g/mol. The Morgan fingerprint density at radius 1 is 1.71 bits per heavy atom. The van der Waals surface area contributed by atoms with Gasteiger partial charge < -0.3 is 10.5 Å². The van der Waals surface area contributed by atoms with Crippen molar-refractivity contribution < 1.29 is 9.53 Å². The van der Waals surface area contributed by atoms with Gasteiger partial charge in [-0.15, -0.1) is 10.2 Å². The van der Waals surface area contributed by atoms with Crippen molar-refractivity contribution in [2.45, 2.75) is 23.4 Å². The summed E-state index contributed by atoms with van der Waals surface area (Å²) in [4.78, 5) is 11.2. The number of nitrogens with two attached hydrogens (primary N) is 1. The van der Waals surface area contributed by atoms with Crippen LogP contribution in [0.4, 0.5) is 5.13 Å². The van der Waals surface area contributed by atoms with Crippen LogP contribution in [0.15, 0.2) is 4.34 Å². The van der Waals surface area contributed by atoms with Gasteiger partial charge in [-0.1, -0.05) is 23.1 Å². The molecule has 0 aromatic carbocycles. The molecule has 0 aliphatic heterocycles. The number of aromatic nitrogens is 2. The Balaban J connectivity index is 2.48. The first-order valence-corrected chi connectivity index (χ1v) is 5.75. The molecule has 2 N–H and O–H groups in total. The van der Waals surface area contributed by atoms with Crippen molar-refractivity contribution >= 4 is 34.2 Å². The van der Waals surface area contributed by atoms with E-state index >= 15 is 0 Å². The molecule has 0 unspecified atom stereocenters. The zero-order valence-electron chi connectivity index (χ0n) is 7.89. The summed E-state index contributed by atoms with van der Waals surface area (Å²) in [7, 11) is 0. The third-order valence-electron chi connectivity index (χ3n) is 1.32. The lowest BCUT2D eigenvalue weighted by atomic mass is 10.5. The van der Waals surface area contributed by atoms with Crippen LogP contribution >= 0.6 is 23.1 Å². The number of hydrogen-bond acceptors (Lipinski definition) is 7. The van der Waals surface area contributed by atoms with E-state index in [4.69, 9.17) is 10.5 Å². The Morgan fingerprint density at radius 2 is 2.43 bits per heavy atom. The van der Waals surface area contributed by atoms with Crippen LogP contribution in [-0.2, 0) is 9.53 Å². The molecule has 7 heteroatoms. The molecule has 78 valence electrons. The topological polar surface area (TPSA) is 78.1 Å². The van der Waals surface area contributed by atoms with Gasteiger partial charge in [0.05, 0.1) is 6.61 Å². The van der Waals surface area contributed by atoms with E-state index in [1.54, 1.807) is 13.8 Å². The first-order valence-electron chi connectivity index (χ1n) is 4.05. The fourth-order valence-corrected chi connectivity index (χ4v) is 2.51. The summed E-state index contributed by atoms with van der Waals surface area (Å²) < 4.78 is 5.53. The van der Waals surface area contributed by atoms with Crippen LogP contribution in [0.25, 0.3) is 0 Å². The largest absolute Gasteiger partial charge is 0.465 e. The van der Waals surface area contributed by atoms with E-state index in [0.717, 1.165) is 0 Å². The van der Waals surface area contributed by atoms with Gasteiger partial charge in [-0.3, -0.25) is 4.79 Å². The smallest absolute Gasteiger partial charge is 0.319 e. The number of carbonyl (C=O) groups is 1. The number of thioether (sulfide) groups is 1. The number of nitrogen functional groups attached to an aromatic ring is 1. The van der Waals surface area contributed by atoms with Crippen molar-refractivity contribution in [2.75, 3.05) is 12.3 Å². The minimum absolute atomic E-state index is 0.244. The zero-order valence-corrected chi connectivity index (χ0v) is 9.52. The maximum absolute atomic E-state index is 11.2. The molecule has 0 bridgehead atoms. The second-order valence-corrected chi connectivity index (χ2v) is 5.02. The molecule has 1 aromatic heterocycles. The maximum atomic E-state index is 11.2. The van der Waals surface area contributed by atoms with Gasteiger partial charge in [-0.2, -0.15) is 0 Å². The van der Waals surface area contributed by atoms with E-state index < -0.39 is 0 Å². The predicted molar refractivity (Wildman–Crippen MR) is 56.3 cm³/mol. The van der Waals surface area contributed by atoms with Crippen LogP contribution in [0.5, 0.6) is 0 Å². The van der Waals surface area contributed by atoms with Gasteiger partial charge in [0, 0.05) is 0 Å². The number of esters is 1. The molecule has 0 amide bonds. The van der Waals surface area contributed by atoms with Crippen molar-refractivity contribution in [3.63, 3.8) is 0 Å². The fourth-order valence-electron chi connectivity index (χ4n) is 0.727. The fraction of sp³-hybridized carbons (Fsp3) is 0.571. The predicted octanol–water partition coefficient (Wildman–Crippen LogP) is 1.16. The highest BCUT2D eigenvalue weighted by Gasteiger charge is 2.17. The third-order valence-corrected chi connectivity index (χ3v) is 3.23. The molecule has 1 atom stereocenters. The van der Waals surface area contributed by atoms with Crippen molar-refractivity contribution in [3.8, 4) is 0 Å². The number of hydrogen-bond donors (Lipinski definition) is 1. The number of nitrogens with zero attached hydrogens (tertiary/aromatic N) is 2. The Hall–Kier alpha value is -0.820. The van der Waals surface area contributed by atoms with Crippen LogP contribution in [0.1, 0.15) is 13.8 Å². The summed E-state index contributed by atoms with van der Waals surface area (Å²) in [5.74, 6) is -0.244. The van der Waals surface area contributed by atoms with Crippen LogP contribution in [0.2, 0.25) is 0 Å². The number of anilines is 1. The average molecular weight is 233 g/mol. The second-order valence-electron chi connectivity index (χ2n) is 2.42. The van der Waals surface area contributed by atoms with E-state index in [1.807, 2.05) is 0 Å². The second kappa shape index (κ2) is 5.16. The molecule has 0 saturated heterocycles. The molecule has 0 radical (unpaired) electrons. The Morgan fingerprint density at radius 3 is 2.93 bits per heavy atom. The van der Waals surface area contributed by atoms with Crippen molar-refractivity contribution in [1.82, 2.24) is 10.2 Å². The highest BCUT2D eigenvalue weighted by molar-refractivity contribution is 8.02. The SMILES string of the molecule is CCOC(=O)[C@@H](C)Sc1nnc(N)s1. The molecule has 5 nitrogen and oxygen atoms in total. The van der Waals surface area contributed by atoms with E-state index in [1.165, 1.54) is 23.1 Å². The maximum Gasteiger partial charge on any atom is 0.319 e. The minimum atomic E-state index is -0.276. The number of ether oxygens (including phenoxy) is 1. The first-order chi connectivity index (χ1) is 6.63. The molecule has 0 aliphatic carbocycles. The molecule has 0 saturated carbocycles. The summed E-state index contributed by atoms with van der Waals surface area (Å²) >= 11 is 2.57. The highest BCUT2D eigenvalue weighted by Crippen LogP contribution is 2.27. The lowest BCUT2D eigenvalue weighted by Gasteiger charge is -2.06. The lowest BCUT2D eigenvalue weighted by molar-refractivity contribution is -0.142. The van der Waals surface area contributed by atoms with Gasteiger partial charge in [0.2, 0.25) is 5.13 Å². The summed E-state index contributed by atoms with van der Waals surface area (Å²) in [6.07, 6.45) is 0. The summed E-state index contributed by atoms with van der Waals surface area (Å²) in [6, 6.07) is 0.